The number of aryl methyl sites for hydroxylation is 1. The molecule has 9 heteroatoms. The van der Waals surface area contributed by atoms with Crippen molar-refractivity contribution in [1.29, 1.82) is 0 Å². The lowest BCUT2D eigenvalue weighted by molar-refractivity contribution is -0.148. The number of ether oxygens (including phenoxy) is 1. The van der Waals surface area contributed by atoms with Crippen molar-refractivity contribution in [2.75, 3.05) is 6.61 Å². The fourth-order valence-corrected chi connectivity index (χ4v) is 3.28. The van der Waals surface area contributed by atoms with Gasteiger partial charge in [0.1, 0.15) is 0 Å². The van der Waals surface area contributed by atoms with Crippen LogP contribution in [0.5, 0.6) is 0 Å². The summed E-state index contributed by atoms with van der Waals surface area (Å²) in [4.78, 5) is 47.2. The molecule has 3 rings (SSSR count). The van der Waals surface area contributed by atoms with Crippen LogP contribution in [0.15, 0.2) is 33.5 Å². The molecule has 0 atom stereocenters. The Bertz CT molecular complexity index is 910. The maximum Gasteiger partial charge on any atom is 0.419 e. The summed E-state index contributed by atoms with van der Waals surface area (Å²) in [7, 11) is 0. The van der Waals surface area contributed by atoms with Crippen molar-refractivity contribution in [2.45, 2.75) is 51.1 Å². The maximum absolute atomic E-state index is 11.8. The van der Waals surface area contributed by atoms with Crippen LogP contribution in [-0.2, 0) is 20.9 Å². The zero-order chi connectivity index (χ0) is 19.9. The summed E-state index contributed by atoms with van der Waals surface area (Å²) in [6.07, 6.45) is 4.98. The molecule has 0 radical (unpaired) electrons. The van der Waals surface area contributed by atoms with Gasteiger partial charge in [0.2, 0.25) is 0 Å². The summed E-state index contributed by atoms with van der Waals surface area (Å²) in [6, 6.07) is 6.37. The first-order valence-corrected chi connectivity index (χ1v) is 9.37. The molecular formula is C19H23N3O6. The highest BCUT2D eigenvalue weighted by molar-refractivity contribution is 5.95. The van der Waals surface area contributed by atoms with Crippen molar-refractivity contribution >= 4 is 29.0 Å². The average molecular weight is 389 g/mol. The van der Waals surface area contributed by atoms with Crippen LogP contribution in [0.4, 0.5) is 4.79 Å². The van der Waals surface area contributed by atoms with Crippen LogP contribution in [0.2, 0.25) is 0 Å². The predicted octanol–water partition coefficient (Wildman–Crippen LogP) is 1.69. The lowest BCUT2D eigenvalue weighted by Gasteiger charge is -2.22. The van der Waals surface area contributed by atoms with Crippen molar-refractivity contribution in [3.63, 3.8) is 0 Å². The van der Waals surface area contributed by atoms with E-state index in [1.54, 1.807) is 24.3 Å². The molecule has 2 aromatic rings. The molecule has 1 aliphatic carbocycles. The van der Waals surface area contributed by atoms with Gasteiger partial charge >= 0.3 is 17.8 Å². The number of aromatic nitrogens is 1. The van der Waals surface area contributed by atoms with E-state index in [0.717, 1.165) is 32.1 Å². The molecular weight excluding hydrogens is 366 g/mol. The third kappa shape index (κ3) is 5.21. The number of rotatable bonds is 6. The number of hydrogen-bond acceptors (Lipinski definition) is 6. The molecule has 3 amide bonds. The Morgan fingerprint density at radius 2 is 1.89 bits per heavy atom. The Morgan fingerprint density at radius 3 is 2.68 bits per heavy atom. The van der Waals surface area contributed by atoms with Crippen LogP contribution < -0.4 is 16.4 Å². The van der Waals surface area contributed by atoms with E-state index in [1.165, 1.54) is 4.57 Å². The first-order chi connectivity index (χ1) is 13.5. The number of carbonyl (C=O) groups excluding carboxylic acids is 3. The van der Waals surface area contributed by atoms with Crippen molar-refractivity contribution in [1.82, 2.24) is 15.2 Å². The number of fused-ring (bicyclic) bond motifs is 1. The normalized spacial score (nSPS) is 14.6. The predicted molar refractivity (Wildman–Crippen MR) is 99.6 cm³/mol. The first-order valence-electron chi connectivity index (χ1n) is 9.37. The van der Waals surface area contributed by atoms with Crippen LogP contribution in [0.3, 0.4) is 0 Å². The minimum absolute atomic E-state index is 0.0679. The van der Waals surface area contributed by atoms with E-state index in [4.69, 9.17) is 9.15 Å². The summed E-state index contributed by atoms with van der Waals surface area (Å²) >= 11 is 0. The SMILES string of the molecule is O=C(COC(=O)CCn1c(=O)oc2ccccc21)NC(=O)NC1CCCCC1. The first kappa shape index (κ1) is 19.7. The number of para-hydroxylation sites is 2. The number of carbonyl (C=O) groups is 3. The van der Waals surface area contributed by atoms with E-state index < -0.39 is 30.3 Å². The van der Waals surface area contributed by atoms with Crippen LogP contribution in [0.25, 0.3) is 11.1 Å². The molecule has 150 valence electrons. The molecule has 0 unspecified atom stereocenters. The van der Waals surface area contributed by atoms with Crippen LogP contribution in [0.1, 0.15) is 38.5 Å². The number of amides is 3. The van der Waals surface area contributed by atoms with Gasteiger partial charge < -0.3 is 14.5 Å². The third-order valence-corrected chi connectivity index (χ3v) is 4.67. The fourth-order valence-electron chi connectivity index (χ4n) is 3.28. The molecule has 9 nitrogen and oxygen atoms in total. The molecule has 1 aromatic carbocycles. The largest absolute Gasteiger partial charge is 0.456 e. The van der Waals surface area contributed by atoms with Crippen molar-refractivity contribution in [3.05, 3.63) is 34.8 Å². The van der Waals surface area contributed by atoms with Crippen molar-refractivity contribution in [2.24, 2.45) is 0 Å². The lowest BCUT2D eigenvalue weighted by Crippen LogP contribution is -2.46. The number of benzene rings is 1. The molecule has 0 aliphatic heterocycles. The second-order valence-corrected chi connectivity index (χ2v) is 6.75. The number of oxazole rings is 1. The molecule has 1 aliphatic rings. The standard InChI is InChI=1S/C19H23N3O6/c23-16(21-18(25)20-13-6-2-1-3-7-13)12-27-17(24)10-11-22-14-8-4-5-9-15(14)28-19(22)26/h4-5,8-9,13H,1-3,6-7,10-12H2,(H2,20,21,23,25). The van der Waals surface area contributed by atoms with E-state index in [2.05, 4.69) is 10.6 Å². The van der Waals surface area contributed by atoms with E-state index in [-0.39, 0.29) is 19.0 Å². The Balaban J connectivity index is 1.40. The average Bonchev–Trinajstić information content (AvgIpc) is 3.00. The second-order valence-electron chi connectivity index (χ2n) is 6.75. The van der Waals surface area contributed by atoms with Gasteiger partial charge in [0, 0.05) is 12.6 Å². The van der Waals surface area contributed by atoms with E-state index >= 15 is 0 Å². The highest BCUT2D eigenvalue weighted by Crippen LogP contribution is 2.17. The van der Waals surface area contributed by atoms with Gasteiger partial charge in [-0.2, -0.15) is 0 Å². The highest BCUT2D eigenvalue weighted by atomic mass is 16.5. The van der Waals surface area contributed by atoms with E-state index in [1.807, 2.05) is 0 Å². The minimum atomic E-state index is -0.701. The van der Waals surface area contributed by atoms with Crippen molar-refractivity contribution < 1.29 is 23.5 Å². The molecule has 1 aromatic heterocycles. The third-order valence-electron chi connectivity index (χ3n) is 4.67. The molecule has 0 bridgehead atoms. The number of hydrogen-bond donors (Lipinski definition) is 2. The Kier molecular flexibility index (Phi) is 6.46. The van der Waals surface area contributed by atoms with Gasteiger partial charge in [-0.15, -0.1) is 0 Å². The fraction of sp³-hybridized carbons (Fsp3) is 0.474. The van der Waals surface area contributed by atoms with Gasteiger partial charge in [0.25, 0.3) is 5.91 Å². The summed E-state index contributed by atoms with van der Waals surface area (Å²) in [5.41, 5.74) is 1.02. The number of nitrogens with one attached hydrogen (secondary N) is 2. The number of nitrogens with zero attached hydrogens (tertiary/aromatic N) is 1. The Morgan fingerprint density at radius 1 is 1.14 bits per heavy atom. The smallest absolute Gasteiger partial charge is 0.419 e. The maximum atomic E-state index is 11.8. The second kappa shape index (κ2) is 9.20. The van der Waals surface area contributed by atoms with E-state index in [9.17, 15) is 19.2 Å². The van der Waals surface area contributed by atoms with Gasteiger partial charge in [0.15, 0.2) is 12.2 Å². The molecule has 0 saturated heterocycles. The molecule has 0 spiro atoms. The topological polar surface area (TPSA) is 120 Å². The molecule has 2 N–H and O–H groups in total. The lowest BCUT2D eigenvalue weighted by atomic mass is 9.96. The molecule has 1 saturated carbocycles. The Labute approximate surface area is 161 Å². The van der Waals surface area contributed by atoms with Gasteiger partial charge in [-0.25, -0.2) is 9.59 Å². The summed E-state index contributed by atoms with van der Waals surface area (Å²) < 4.78 is 11.3. The molecule has 28 heavy (non-hydrogen) atoms. The number of esters is 1. The zero-order valence-corrected chi connectivity index (χ0v) is 15.4. The molecule has 1 fully saturated rings. The van der Waals surface area contributed by atoms with Gasteiger partial charge in [-0.1, -0.05) is 31.4 Å². The van der Waals surface area contributed by atoms with Gasteiger partial charge in [-0.3, -0.25) is 19.5 Å². The summed E-state index contributed by atoms with van der Waals surface area (Å²) in [5.74, 6) is -1.92. The number of urea groups is 1. The van der Waals surface area contributed by atoms with Gasteiger partial charge in [-0.05, 0) is 25.0 Å². The monoisotopic (exact) mass is 389 g/mol. The van der Waals surface area contributed by atoms with Crippen LogP contribution >= 0.6 is 0 Å². The summed E-state index contributed by atoms with van der Waals surface area (Å²) in [6.45, 7) is -0.490. The van der Waals surface area contributed by atoms with Crippen LogP contribution in [-0.4, -0.2) is 35.1 Å². The highest BCUT2D eigenvalue weighted by Gasteiger charge is 2.18. The number of imide groups is 1. The van der Waals surface area contributed by atoms with Crippen LogP contribution in [0, 0.1) is 0 Å². The quantitative estimate of drug-likeness (QED) is 0.726. The minimum Gasteiger partial charge on any atom is -0.456 e. The van der Waals surface area contributed by atoms with Gasteiger partial charge in [0.05, 0.1) is 11.9 Å². The summed E-state index contributed by atoms with van der Waals surface area (Å²) in [5, 5.41) is 4.89. The molecule has 1 heterocycles. The van der Waals surface area contributed by atoms with Crippen molar-refractivity contribution in [3.8, 4) is 0 Å². The zero-order valence-electron chi connectivity index (χ0n) is 15.4. The van der Waals surface area contributed by atoms with E-state index in [0.29, 0.717) is 11.1 Å². The Hall–Kier alpha value is -3.10.